The van der Waals surface area contributed by atoms with E-state index in [2.05, 4.69) is 0 Å². The molecule has 0 aromatic carbocycles. The van der Waals surface area contributed by atoms with E-state index in [1.165, 1.54) is 0 Å². The Hall–Kier alpha value is -4.37. The van der Waals surface area contributed by atoms with Crippen molar-refractivity contribution in [3.05, 3.63) is 0 Å². The maximum absolute atomic E-state index is 10.3. The third kappa shape index (κ3) is 39.6. The molecule has 0 rings (SSSR count). The third-order valence-electron chi connectivity index (χ3n) is 6.36. The van der Waals surface area contributed by atoms with E-state index in [0.29, 0.717) is 0 Å². The Morgan fingerprint density at radius 2 is 0.368 bits per heavy atom. The van der Waals surface area contributed by atoms with Gasteiger partial charge >= 0.3 is 167 Å². The molecule has 0 aliphatic carbocycles. The number of carbonyl (C=O) groups excluding carboxylic acids is 6. The minimum atomic E-state index is -2.97. The number of carboxylic acid groups (broad SMARTS) is 15. The molecule has 38 heteroatoms. The number of aliphatic hydroxyl groups is 5. The van der Waals surface area contributed by atoms with Gasteiger partial charge in [-0.3, -0.25) is 28.8 Å². The largest absolute Gasteiger partial charge is 2.00 e. The molecule has 35 nitrogen and oxygen atoms in total. The summed E-state index contributed by atoms with van der Waals surface area (Å²) in [7, 11) is 0. The molecule has 0 amide bonds. The molecule has 0 bridgehead atoms. The first kappa shape index (κ1) is 80.7. The molecule has 14 N–H and O–H groups in total. The second-order valence-corrected chi connectivity index (χ2v) is 12.3. The van der Waals surface area contributed by atoms with Crippen molar-refractivity contribution in [2.45, 2.75) is 92.2 Å². The molecular formula is C30H34Ca3O35. The van der Waals surface area contributed by atoms with E-state index < -0.39 is 182 Å². The Bertz CT molecular complexity index is 1460. The second kappa shape index (κ2) is 36.6. The first-order valence-corrected chi connectivity index (χ1v) is 15.7. The van der Waals surface area contributed by atoms with Gasteiger partial charge in [0.05, 0.1) is 50.5 Å². The summed E-state index contributed by atoms with van der Waals surface area (Å²) in [6.07, 6.45) is -12.3. The van der Waals surface area contributed by atoms with E-state index in [9.17, 15) is 103 Å². The van der Waals surface area contributed by atoms with Crippen LogP contribution in [0.5, 0.6) is 0 Å². The normalized spacial score (nSPS) is 10.4. The quantitative estimate of drug-likeness (QED) is 0.0378. The van der Waals surface area contributed by atoms with E-state index in [-0.39, 0.29) is 113 Å². The van der Waals surface area contributed by atoms with Crippen molar-refractivity contribution in [3.63, 3.8) is 0 Å². The van der Waals surface area contributed by atoms with Gasteiger partial charge in [0, 0.05) is 49.6 Å². The van der Waals surface area contributed by atoms with Crippen molar-refractivity contribution in [2.24, 2.45) is 0 Å². The van der Waals surface area contributed by atoms with Crippen molar-refractivity contribution in [1.82, 2.24) is 0 Å². The third-order valence-corrected chi connectivity index (χ3v) is 6.36. The molecule has 0 atom stereocenters. The standard InChI is InChI=1S/5C6H8O7.3Ca/c5*7-3(8)1-6(13,5(11)12)2-4(9)10;;;/h5*13H,1-2H2,(H,7,8)(H,9,10)(H,11,12);;;/q;;;;;3*+2/p-6. The van der Waals surface area contributed by atoms with Gasteiger partial charge in [0.15, 0.2) is 16.8 Å². The molecule has 0 heterocycles. The van der Waals surface area contributed by atoms with Gasteiger partial charge < -0.3 is 131 Å². The predicted octanol–water partition coefficient (Wildman–Crippen LogP) is -15.4. The summed E-state index contributed by atoms with van der Waals surface area (Å²) in [4.78, 5) is 151. The van der Waals surface area contributed by atoms with Crippen LogP contribution in [0.25, 0.3) is 0 Å². The molecular weight excluding hydrogens is 1040 g/mol. The van der Waals surface area contributed by atoms with Crippen LogP contribution in [-0.2, 0) is 71.9 Å². The van der Waals surface area contributed by atoms with Crippen molar-refractivity contribution < 1.29 is 174 Å². The Balaban J connectivity index is -0.000000109. The molecule has 370 valence electrons. The van der Waals surface area contributed by atoms with Crippen molar-refractivity contribution in [1.29, 1.82) is 0 Å². The molecule has 0 fully saturated rings. The average Bonchev–Trinajstić information content (AvgIpc) is 3.01. The molecule has 0 saturated carbocycles. The van der Waals surface area contributed by atoms with Gasteiger partial charge in [-0.05, 0) is 0 Å². The summed E-state index contributed by atoms with van der Waals surface area (Å²) in [5.74, 6) is -27.0. The molecule has 0 spiro atoms. The number of aliphatic carboxylic acids is 15. The van der Waals surface area contributed by atoms with Crippen LogP contribution in [-0.4, -0.2) is 302 Å². The van der Waals surface area contributed by atoms with Crippen LogP contribution in [0.2, 0.25) is 0 Å². The predicted molar refractivity (Wildman–Crippen MR) is 187 cm³/mol. The molecule has 0 aromatic heterocycles. The van der Waals surface area contributed by atoms with Gasteiger partial charge in [-0.25, -0.2) is 14.4 Å². The van der Waals surface area contributed by atoms with E-state index in [0.717, 1.165) is 0 Å². The number of hydrogen-bond donors (Lipinski definition) is 14. The smallest absolute Gasteiger partial charge is 0.550 e. The van der Waals surface area contributed by atoms with E-state index in [4.69, 9.17) is 71.5 Å². The van der Waals surface area contributed by atoms with E-state index in [1.807, 2.05) is 0 Å². The maximum atomic E-state index is 10.3. The summed E-state index contributed by atoms with van der Waals surface area (Å²) in [6.45, 7) is 0. The van der Waals surface area contributed by atoms with Crippen molar-refractivity contribution in [2.75, 3.05) is 0 Å². The Morgan fingerprint density at radius 1 is 0.250 bits per heavy atom. The Kier molecular flexibility index (Phi) is 43.4. The summed E-state index contributed by atoms with van der Waals surface area (Å²) in [6, 6.07) is 0. The zero-order valence-corrected chi connectivity index (χ0v) is 40.7. The summed E-state index contributed by atoms with van der Waals surface area (Å²) in [5, 5.41) is 179. The van der Waals surface area contributed by atoms with Crippen LogP contribution in [0, 0.1) is 0 Å². The minimum absolute atomic E-state index is 0. The molecule has 0 radical (unpaired) electrons. The van der Waals surface area contributed by atoms with Gasteiger partial charge in [0.1, 0.15) is 11.2 Å². The van der Waals surface area contributed by atoms with Gasteiger partial charge in [-0.1, -0.05) is 0 Å². The van der Waals surface area contributed by atoms with Gasteiger partial charge in [0.25, 0.3) is 0 Å². The Labute approximate surface area is 464 Å². The van der Waals surface area contributed by atoms with Crippen LogP contribution < -0.4 is 30.6 Å². The minimum Gasteiger partial charge on any atom is -0.550 e. The second-order valence-electron chi connectivity index (χ2n) is 12.3. The van der Waals surface area contributed by atoms with E-state index >= 15 is 0 Å². The zero-order valence-electron chi connectivity index (χ0n) is 34.0. The van der Waals surface area contributed by atoms with Gasteiger partial charge in [-0.15, -0.1) is 0 Å². The fourth-order valence-electron chi connectivity index (χ4n) is 3.51. The number of rotatable bonds is 25. The first-order valence-electron chi connectivity index (χ1n) is 15.7. The van der Waals surface area contributed by atoms with Crippen LogP contribution in [0.3, 0.4) is 0 Å². The summed E-state index contributed by atoms with van der Waals surface area (Å²) >= 11 is 0. The van der Waals surface area contributed by atoms with Crippen LogP contribution in [0.15, 0.2) is 0 Å². The summed E-state index contributed by atoms with van der Waals surface area (Å²) in [5.41, 5.74) is -14.2. The van der Waals surface area contributed by atoms with Crippen molar-refractivity contribution in [3.8, 4) is 0 Å². The Morgan fingerprint density at radius 3 is 0.426 bits per heavy atom. The van der Waals surface area contributed by atoms with Gasteiger partial charge in [-0.2, -0.15) is 0 Å². The number of carbonyl (C=O) groups is 15. The topological polar surface area (TPSA) is 678 Å². The first-order chi connectivity index (χ1) is 28.9. The molecule has 0 aliphatic rings. The van der Waals surface area contributed by atoms with Crippen LogP contribution in [0.1, 0.15) is 64.2 Å². The number of carboxylic acids is 15. The molecule has 0 aromatic rings. The fraction of sp³-hybridized carbons (Fsp3) is 0.500. The molecule has 0 unspecified atom stereocenters. The number of hydrogen-bond acceptors (Lipinski definition) is 26. The average molecular weight is 1070 g/mol. The SMILES string of the molecule is O=C(O)CC(O)(CC(=O)O)C(=O)O.O=C(O)CC(O)(CC(=O)O)C(=O)O.O=C(O)CC(O)(CC(=O)O)C(=O)O.O=C([O-])CC(O)(CC(=O)[O-])C(=O)[O-].O=C([O-])CC(O)(CC(=O)[O-])C(=O)[O-].[Ca+2].[Ca+2].[Ca+2]. The molecule has 0 saturated heterocycles. The zero-order chi connectivity index (χ0) is 53.2. The maximum Gasteiger partial charge on any atom is 2.00 e. The van der Waals surface area contributed by atoms with Crippen molar-refractivity contribution >= 4 is 203 Å². The van der Waals surface area contributed by atoms with E-state index in [1.54, 1.807) is 0 Å². The van der Waals surface area contributed by atoms with Crippen LogP contribution >= 0.6 is 0 Å². The molecule has 68 heavy (non-hydrogen) atoms. The molecule has 0 aliphatic heterocycles. The monoisotopic (exact) mass is 1070 g/mol. The van der Waals surface area contributed by atoms with Crippen LogP contribution in [0.4, 0.5) is 0 Å². The summed E-state index contributed by atoms with van der Waals surface area (Å²) < 4.78 is 0. The fourth-order valence-corrected chi connectivity index (χ4v) is 3.51. The van der Waals surface area contributed by atoms with Gasteiger partial charge in [0.2, 0.25) is 0 Å².